The van der Waals surface area contributed by atoms with Crippen LogP contribution in [-0.4, -0.2) is 28.4 Å². The predicted octanol–water partition coefficient (Wildman–Crippen LogP) is 3.38. The summed E-state index contributed by atoms with van der Waals surface area (Å²) in [6.07, 6.45) is 5.60. The van der Waals surface area contributed by atoms with Crippen molar-refractivity contribution in [1.82, 2.24) is 9.88 Å². The summed E-state index contributed by atoms with van der Waals surface area (Å²) in [7, 11) is 0. The topological polar surface area (TPSA) is 45.2 Å². The van der Waals surface area contributed by atoms with Gasteiger partial charge in [-0.3, -0.25) is 9.78 Å². The normalized spacial score (nSPS) is 14.0. The first-order chi connectivity index (χ1) is 10.3. The maximum atomic E-state index is 12.9. The van der Waals surface area contributed by atoms with Gasteiger partial charge in [0, 0.05) is 31.5 Å². The van der Waals surface area contributed by atoms with Crippen LogP contribution in [0.5, 0.6) is 0 Å². The number of carbonyl (C=O) groups is 1. The molecule has 1 amide bonds. The SMILES string of the molecule is CCNc1ccncc1C(=O)N(Cc1ccsc1)C1CC1. The van der Waals surface area contributed by atoms with Crippen molar-refractivity contribution in [3.8, 4) is 0 Å². The molecule has 5 heteroatoms. The van der Waals surface area contributed by atoms with Gasteiger partial charge in [0.1, 0.15) is 0 Å². The first-order valence-corrected chi connectivity index (χ1v) is 8.23. The second-order valence-corrected chi connectivity index (χ2v) is 6.03. The number of nitrogens with one attached hydrogen (secondary N) is 1. The first kappa shape index (κ1) is 14.1. The van der Waals surface area contributed by atoms with E-state index < -0.39 is 0 Å². The second-order valence-electron chi connectivity index (χ2n) is 5.25. The molecule has 0 spiro atoms. The van der Waals surface area contributed by atoms with Crippen LogP contribution in [0.4, 0.5) is 5.69 Å². The number of hydrogen-bond donors (Lipinski definition) is 1. The molecular weight excluding hydrogens is 282 g/mol. The summed E-state index contributed by atoms with van der Waals surface area (Å²) in [6.45, 7) is 3.50. The lowest BCUT2D eigenvalue weighted by molar-refractivity contribution is 0.0730. The molecule has 1 N–H and O–H groups in total. The fraction of sp³-hybridized carbons (Fsp3) is 0.375. The van der Waals surface area contributed by atoms with Crippen LogP contribution < -0.4 is 5.32 Å². The van der Waals surface area contributed by atoms with Crippen molar-refractivity contribution in [3.63, 3.8) is 0 Å². The largest absolute Gasteiger partial charge is 0.385 e. The van der Waals surface area contributed by atoms with Gasteiger partial charge < -0.3 is 10.2 Å². The zero-order valence-electron chi connectivity index (χ0n) is 12.1. The summed E-state index contributed by atoms with van der Waals surface area (Å²) in [5, 5.41) is 7.41. The molecule has 21 heavy (non-hydrogen) atoms. The van der Waals surface area contributed by atoms with Crippen molar-refractivity contribution < 1.29 is 4.79 Å². The quantitative estimate of drug-likeness (QED) is 0.889. The van der Waals surface area contributed by atoms with Gasteiger partial charge in [0.15, 0.2) is 0 Å². The van der Waals surface area contributed by atoms with E-state index in [1.54, 1.807) is 23.7 Å². The van der Waals surface area contributed by atoms with Gasteiger partial charge in [-0.05, 0) is 48.2 Å². The van der Waals surface area contributed by atoms with Gasteiger partial charge in [-0.2, -0.15) is 11.3 Å². The van der Waals surface area contributed by atoms with Gasteiger partial charge in [0.2, 0.25) is 0 Å². The van der Waals surface area contributed by atoms with Gasteiger partial charge in [-0.25, -0.2) is 0 Å². The number of pyridine rings is 1. The lowest BCUT2D eigenvalue weighted by Crippen LogP contribution is -2.33. The van der Waals surface area contributed by atoms with E-state index in [1.165, 1.54) is 5.56 Å². The Balaban J connectivity index is 1.84. The van der Waals surface area contributed by atoms with Gasteiger partial charge in [0.25, 0.3) is 5.91 Å². The van der Waals surface area contributed by atoms with E-state index in [0.29, 0.717) is 18.2 Å². The van der Waals surface area contributed by atoms with E-state index in [1.807, 2.05) is 17.9 Å². The van der Waals surface area contributed by atoms with Crippen LogP contribution in [0.1, 0.15) is 35.7 Å². The van der Waals surface area contributed by atoms with E-state index in [0.717, 1.165) is 25.1 Å². The molecule has 0 aromatic carbocycles. The summed E-state index contributed by atoms with van der Waals surface area (Å²) < 4.78 is 0. The van der Waals surface area contributed by atoms with Crippen molar-refractivity contribution in [2.75, 3.05) is 11.9 Å². The zero-order chi connectivity index (χ0) is 14.7. The van der Waals surface area contributed by atoms with E-state index in [2.05, 4.69) is 27.1 Å². The van der Waals surface area contributed by atoms with Crippen LogP contribution in [-0.2, 0) is 6.54 Å². The molecule has 2 aromatic heterocycles. The first-order valence-electron chi connectivity index (χ1n) is 7.29. The van der Waals surface area contributed by atoms with E-state index in [-0.39, 0.29) is 5.91 Å². The molecule has 1 fully saturated rings. The molecule has 110 valence electrons. The lowest BCUT2D eigenvalue weighted by atomic mass is 10.2. The molecule has 1 aliphatic carbocycles. The highest BCUT2D eigenvalue weighted by molar-refractivity contribution is 7.07. The number of carbonyl (C=O) groups excluding carboxylic acids is 1. The summed E-state index contributed by atoms with van der Waals surface area (Å²) in [5.74, 6) is 0.0766. The molecule has 0 bridgehead atoms. The Morgan fingerprint density at radius 1 is 1.48 bits per heavy atom. The maximum absolute atomic E-state index is 12.9. The molecule has 0 atom stereocenters. The van der Waals surface area contributed by atoms with Crippen LogP contribution in [0, 0.1) is 0 Å². The van der Waals surface area contributed by atoms with Crippen LogP contribution >= 0.6 is 11.3 Å². The van der Waals surface area contributed by atoms with Gasteiger partial charge >= 0.3 is 0 Å². The van der Waals surface area contributed by atoms with Gasteiger partial charge in [-0.15, -0.1) is 0 Å². The Morgan fingerprint density at radius 3 is 3.00 bits per heavy atom. The Morgan fingerprint density at radius 2 is 2.33 bits per heavy atom. The Hall–Kier alpha value is -1.88. The van der Waals surface area contributed by atoms with Crippen molar-refractivity contribution in [2.45, 2.75) is 32.4 Å². The zero-order valence-corrected chi connectivity index (χ0v) is 12.9. The smallest absolute Gasteiger partial charge is 0.258 e. The van der Waals surface area contributed by atoms with Crippen molar-refractivity contribution in [3.05, 3.63) is 46.4 Å². The number of aromatic nitrogens is 1. The third-order valence-corrected chi connectivity index (χ3v) is 4.33. The average Bonchev–Trinajstić information content (AvgIpc) is 3.21. The Kier molecular flexibility index (Phi) is 4.20. The van der Waals surface area contributed by atoms with Crippen molar-refractivity contribution in [2.24, 2.45) is 0 Å². The molecule has 4 nitrogen and oxygen atoms in total. The summed E-state index contributed by atoms with van der Waals surface area (Å²) in [4.78, 5) is 19.0. The Bertz CT molecular complexity index is 608. The fourth-order valence-corrected chi connectivity index (χ4v) is 3.06. The second kappa shape index (κ2) is 6.26. The summed E-state index contributed by atoms with van der Waals surface area (Å²) in [6, 6.07) is 4.33. The third kappa shape index (κ3) is 3.24. The highest BCUT2D eigenvalue weighted by Crippen LogP contribution is 2.31. The van der Waals surface area contributed by atoms with Gasteiger partial charge in [-0.1, -0.05) is 0 Å². The minimum atomic E-state index is 0.0766. The number of thiophene rings is 1. The standard InChI is InChI=1S/C16H19N3OS/c1-2-18-15-5-7-17-9-14(15)16(20)19(13-3-4-13)10-12-6-8-21-11-12/h5-9,11,13H,2-4,10H2,1H3,(H,17,18). The number of amides is 1. The van der Waals surface area contributed by atoms with Gasteiger partial charge in [0.05, 0.1) is 11.3 Å². The molecule has 0 saturated heterocycles. The maximum Gasteiger partial charge on any atom is 0.258 e. The summed E-state index contributed by atoms with van der Waals surface area (Å²) >= 11 is 1.67. The minimum absolute atomic E-state index is 0.0766. The number of nitrogens with zero attached hydrogens (tertiary/aromatic N) is 2. The minimum Gasteiger partial charge on any atom is -0.385 e. The van der Waals surface area contributed by atoms with E-state index in [4.69, 9.17) is 0 Å². The van der Waals surface area contributed by atoms with Crippen molar-refractivity contribution >= 4 is 22.9 Å². The van der Waals surface area contributed by atoms with Crippen LogP contribution in [0.3, 0.4) is 0 Å². The highest BCUT2D eigenvalue weighted by atomic mass is 32.1. The van der Waals surface area contributed by atoms with Crippen LogP contribution in [0.15, 0.2) is 35.3 Å². The third-order valence-electron chi connectivity index (χ3n) is 3.60. The summed E-state index contributed by atoms with van der Waals surface area (Å²) in [5.41, 5.74) is 2.74. The number of hydrogen-bond acceptors (Lipinski definition) is 4. The molecule has 3 rings (SSSR count). The molecule has 1 aliphatic rings. The highest BCUT2D eigenvalue weighted by Gasteiger charge is 2.34. The molecule has 1 saturated carbocycles. The molecule has 2 heterocycles. The van der Waals surface area contributed by atoms with Crippen LogP contribution in [0.2, 0.25) is 0 Å². The molecule has 0 radical (unpaired) electrons. The fourth-order valence-electron chi connectivity index (χ4n) is 2.40. The number of anilines is 1. The van der Waals surface area contributed by atoms with Crippen molar-refractivity contribution in [1.29, 1.82) is 0 Å². The van der Waals surface area contributed by atoms with E-state index in [9.17, 15) is 4.79 Å². The molecule has 0 aliphatic heterocycles. The predicted molar refractivity (Wildman–Crippen MR) is 85.6 cm³/mol. The number of rotatable bonds is 6. The monoisotopic (exact) mass is 301 g/mol. The molecule has 0 unspecified atom stereocenters. The van der Waals surface area contributed by atoms with Crippen LogP contribution in [0.25, 0.3) is 0 Å². The molecular formula is C16H19N3OS. The molecule has 2 aromatic rings. The average molecular weight is 301 g/mol. The Labute approximate surface area is 128 Å². The lowest BCUT2D eigenvalue weighted by Gasteiger charge is -2.23. The van der Waals surface area contributed by atoms with E-state index >= 15 is 0 Å².